The summed E-state index contributed by atoms with van der Waals surface area (Å²) in [5.74, 6) is 0.211. The third-order valence-electron chi connectivity index (χ3n) is 4.26. The van der Waals surface area contributed by atoms with Gasteiger partial charge in [0.2, 0.25) is 5.91 Å². The molecule has 2 aromatic heterocycles. The average molecular weight is 329 g/mol. The number of nitrogens with zero attached hydrogens (tertiary/aromatic N) is 5. The first-order chi connectivity index (χ1) is 11.8. The maximum atomic E-state index is 12.6. The van der Waals surface area contributed by atoms with Crippen LogP contribution in [-0.4, -0.2) is 56.1 Å². The van der Waals surface area contributed by atoms with E-state index >= 15 is 0 Å². The molecule has 1 saturated heterocycles. The Kier molecular flexibility index (Phi) is 5.90. The number of aromatic nitrogens is 4. The van der Waals surface area contributed by atoms with E-state index in [4.69, 9.17) is 4.74 Å². The van der Waals surface area contributed by atoms with Crippen LogP contribution >= 0.6 is 0 Å². The number of carbonyl (C=O) groups is 1. The first kappa shape index (κ1) is 16.6. The summed E-state index contributed by atoms with van der Waals surface area (Å²) in [4.78, 5) is 26.9. The van der Waals surface area contributed by atoms with Crippen LogP contribution in [0, 0.1) is 0 Å². The quantitative estimate of drug-likeness (QED) is 0.766. The Balaban J connectivity index is 1.48. The summed E-state index contributed by atoms with van der Waals surface area (Å²) in [7, 11) is 0. The topological polar surface area (TPSA) is 73.1 Å². The lowest BCUT2D eigenvalue weighted by Crippen LogP contribution is -2.48. The Morgan fingerprint density at radius 3 is 3.04 bits per heavy atom. The van der Waals surface area contributed by atoms with Crippen LogP contribution in [0.1, 0.15) is 25.0 Å². The number of hydrogen-bond acceptors (Lipinski definition) is 5. The molecule has 1 amide bonds. The van der Waals surface area contributed by atoms with Gasteiger partial charge < -0.3 is 14.2 Å². The third-order valence-corrected chi connectivity index (χ3v) is 4.26. The van der Waals surface area contributed by atoms with Gasteiger partial charge in [0.15, 0.2) is 0 Å². The highest BCUT2D eigenvalue weighted by molar-refractivity contribution is 5.76. The standard InChI is InChI=1S/C17H23N5O2/c23-17(2-1-8-21-9-7-19-14-21)22-10-11-24-13-16(22)4-3-15-12-18-5-6-20-15/h5-7,9,12,14,16H,1-4,8,10-11,13H2/t16-/m0/s1. The van der Waals surface area contributed by atoms with Crippen molar-refractivity contribution in [1.82, 2.24) is 24.4 Å². The summed E-state index contributed by atoms with van der Waals surface area (Å²) >= 11 is 0. The summed E-state index contributed by atoms with van der Waals surface area (Å²) < 4.78 is 7.57. The fraction of sp³-hybridized carbons (Fsp3) is 0.529. The lowest BCUT2D eigenvalue weighted by atomic mass is 10.1. The number of amides is 1. The largest absolute Gasteiger partial charge is 0.377 e. The molecule has 1 atom stereocenters. The SMILES string of the molecule is O=C(CCCn1ccnc1)N1CCOC[C@@H]1CCc1cnccn1. The summed E-state index contributed by atoms with van der Waals surface area (Å²) in [5, 5.41) is 0. The molecule has 1 aliphatic heterocycles. The van der Waals surface area contributed by atoms with Crippen molar-refractivity contribution >= 4 is 5.91 Å². The van der Waals surface area contributed by atoms with Crippen molar-refractivity contribution < 1.29 is 9.53 Å². The molecule has 0 unspecified atom stereocenters. The van der Waals surface area contributed by atoms with E-state index in [9.17, 15) is 4.79 Å². The summed E-state index contributed by atoms with van der Waals surface area (Å²) in [6.45, 7) is 2.72. The van der Waals surface area contributed by atoms with Gasteiger partial charge in [0.05, 0.1) is 31.3 Å². The van der Waals surface area contributed by atoms with Crippen LogP contribution in [0.25, 0.3) is 0 Å². The lowest BCUT2D eigenvalue weighted by molar-refractivity contribution is -0.140. The number of hydrogen-bond donors (Lipinski definition) is 0. The molecule has 0 radical (unpaired) electrons. The number of imidazole rings is 1. The lowest BCUT2D eigenvalue weighted by Gasteiger charge is -2.35. The summed E-state index contributed by atoms with van der Waals surface area (Å²) in [6, 6.07) is 0.126. The Bertz CT molecular complexity index is 617. The number of aryl methyl sites for hydroxylation is 2. The molecular weight excluding hydrogens is 306 g/mol. The number of morpholine rings is 1. The van der Waals surface area contributed by atoms with Crippen molar-refractivity contribution in [3.63, 3.8) is 0 Å². The molecule has 0 aliphatic carbocycles. The van der Waals surface area contributed by atoms with E-state index in [2.05, 4.69) is 15.0 Å². The monoisotopic (exact) mass is 329 g/mol. The number of rotatable bonds is 7. The van der Waals surface area contributed by atoms with Gasteiger partial charge in [-0.2, -0.15) is 0 Å². The van der Waals surface area contributed by atoms with E-state index in [0.717, 1.165) is 31.5 Å². The van der Waals surface area contributed by atoms with Gasteiger partial charge in [-0.15, -0.1) is 0 Å². The molecule has 24 heavy (non-hydrogen) atoms. The highest BCUT2D eigenvalue weighted by Crippen LogP contribution is 2.15. The maximum absolute atomic E-state index is 12.6. The molecule has 2 aromatic rings. The predicted octanol–water partition coefficient (Wildman–Crippen LogP) is 1.31. The fourth-order valence-corrected chi connectivity index (χ4v) is 2.97. The van der Waals surface area contributed by atoms with Crippen LogP contribution in [-0.2, 0) is 22.5 Å². The van der Waals surface area contributed by atoms with E-state index in [1.165, 1.54) is 0 Å². The van der Waals surface area contributed by atoms with Crippen molar-refractivity contribution in [1.29, 1.82) is 0 Å². The highest BCUT2D eigenvalue weighted by atomic mass is 16.5. The van der Waals surface area contributed by atoms with Gasteiger partial charge in [0, 0.05) is 50.5 Å². The molecule has 0 spiro atoms. The minimum atomic E-state index is 0.126. The van der Waals surface area contributed by atoms with Crippen molar-refractivity contribution in [2.24, 2.45) is 0 Å². The van der Waals surface area contributed by atoms with E-state index in [1.807, 2.05) is 15.7 Å². The van der Waals surface area contributed by atoms with Gasteiger partial charge in [0.25, 0.3) is 0 Å². The van der Waals surface area contributed by atoms with Crippen molar-refractivity contribution in [3.8, 4) is 0 Å². The van der Waals surface area contributed by atoms with Gasteiger partial charge in [-0.05, 0) is 19.3 Å². The summed E-state index contributed by atoms with van der Waals surface area (Å²) in [5.41, 5.74) is 0.954. The number of carbonyl (C=O) groups excluding carboxylic acids is 1. The van der Waals surface area contributed by atoms with Gasteiger partial charge in [-0.3, -0.25) is 14.8 Å². The van der Waals surface area contributed by atoms with E-state index < -0.39 is 0 Å². The molecule has 3 heterocycles. The van der Waals surface area contributed by atoms with Crippen molar-refractivity contribution in [2.75, 3.05) is 19.8 Å². The molecule has 7 nitrogen and oxygen atoms in total. The zero-order valence-electron chi connectivity index (χ0n) is 13.8. The predicted molar refractivity (Wildman–Crippen MR) is 88.1 cm³/mol. The van der Waals surface area contributed by atoms with E-state index in [0.29, 0.717) is 26.2 Å². The van der Waals surface area contributed by atoms with Crippen molar-refractivity contribution in [3.05, 3.63) is 43.0 Å². The molecule has 128 valence electrons. The highest BCUT2D eigenvalue weighted by Gasteiger charge is 2.26. The molecule has 0 saturated carbocycles. The van der Waals surface area contributed by atoms with Crippen LogP contribution < -0.4 is 0 Å². The molecule has 1 aliphatic rings. The van der Waals surface area contributed by atoms with Gasteiger partial charge in [-0.1, -0.05) is 0 Å². The first-order valence-electron chi connectivity index (χ1n) is 8.41. The molecule has 1 fully saturated rings. The minimum absolute atomic E-state index is 0.126. The normalized spacial score (nSPS) is 17.8. The zero-order valence-corrected chi connectivity index (χ0v) is 13.8. The van der Waals surface area contributed by atoms with Crippen LogP contribution in [0.4, 0.5) is 0 Å². The minimum Gasteiger partial charge on any atom is -0.377 e. The fourth-order valence-electron chi connectivity index (χ4n) is 2.97. The Morgan fingerprint density at radius 1 is 1.29 bits per heavy atom. The molecular formula is C17H23N5O2. The van der Waals surface area contributed by atoms with Gasteiger partial charge in [0.1, 0.15) is 0 Å². The molecule has 3 rings (SSSR count). The van der Waals surface area contributed by atoms with E-state index in [-0.39, 0.29) is 11.9 Å². The molecule has 0 N–H and O–H groups in total. The van der Waals surface area contributed by atoms with E-state index in [1.54, 1.807) is 31.1 Å². The van der Waals surface area contributed by atoms with Crippen LogP contribution in [0.5, 0.6) is 0 Å². The van der Waals surface area contributed by atoms with Crippen molar-refractivity contribution in [2.45, 2.75) is 38.3 Å². The Hall–Kier alpha value is -2.28. The summed E-state index contributed by atoms with van der Waals surface area (Å²) in [6.07, 6.45) is 13.6. The maximum Gasteiger partial charge on any atom is 0.223 e. The van der Waals surface area contributed by atoms with Gasteiger partial charge >= 0.3 is 0 Å². The molecule has 7 heteroatoms. The zero-order chi connectivity index (χ0) is 16.6. The Morgan fingerprint density at radius 2 is 2.25 bits per heavy atom. The second kappa shape index (κ2) is 8.54. The average Bonchev–Trinajstić information content (AvgIpc) is 3.14. The first-order valence-corrected chi connectivity index (χ1v) is 8.41. The molecule has 0 aromatic carbocycles. The smallest absolute Gasteiger partial charge is 0.223 e. The second-order valence-corrected chi connectivity index (χ2v) is 5.96. The molecule has 0 bridgehead atoms. The van der Waals surface area contributed by atoms with Crippen LogP contribution in [0.2, 0.25) is 0 Å². The second-order valence-electron chi connectivity index (χ2n) is 5.96. The van der Waals surface area contributed by atoms with Crippen LogP contribution in [0.15, 0.2) is 37.3 Å². The van der Waals surface area contributed by atoms with Gasteiger partial charge in [-0.25, -0.2) is 4.98 Å². The number of ether oxygens (including phenoxy) is 1. The third kappa shape index (κ3) is 4.61. The Labute approximate surface area is 141 Å². The van der Waals surface area contributed by atoms with Crippen LogP contribution in [0.3, 0.4) is 0 Å².